The molecule has 5 N–H and O–H groups in total. The summed E-state index contributed by atoms with van der Waals surface area (Å²) in [5.74, 6) is -5.63. The largest absolute Gasteiger partial charge is 0.481 e. The van der Waals surface area contributed by atoms with Gasteiger partial charge in [0.1, 0.15) is 5.54 Å². The molecule has 3 rings (SSSR count). The summed E-state index contributed by atoms with van der Waals surface area (Å²) in [6, 6.07) is 3.88. The van der Waals surface area contributed by atoms with Crippen LogP contribution in [0.3, 0.4) is 0 Å². The number of aliphatic carboxylic acids is 2. The van der Waals surface area contributed by atoms with Crippen LogP contribution in [0.15, 0.2) is 24.3 Å². The van der Waals surface area contributed by atoms with Crippen molar-refractivity contribution in [2.45, 2.75) is 24.6 Å². The van der Waals surface area contributed by atoms with Gasteiger partial charge < -0.3 is 21.3 Å². The van der Waals surface area contributed by atoms with Gasteiger partial charge in [-0.2, -0.15) is 13.2 Å². The molecule has 4 unspecified atom stereocenters. The Kier molecular flexibility index (Phi) is 4.41. The number of rotatable bonds is 5. The minimum Gasteiger partial charge on any atom is -0.481 e. The average molecular weight is 386 g/mol. The van der Waals surface area contributed by atoms with Gasteiger partial charge in [-0.1, -0.05) is 0 Å². The second-order valence-electron chi connectivity index (χ2n) is 7.10. The number of hydrogen-bond acceptors (Lipinski definition) is 4. The molecule has 0 radical (unpaired) electrons. The van der Waals surface area contributed by atoms with Crippen LogP contribution in [0.5, 0.6) is 0 Å². The molecular weight excluding hydrogens is 369 g/mol. The van der Waals surface area contributed by atoms with Gasteiger partial charge in [-0.15, -0.1) is 0 Å². The summed E-state index contributed by atoms with van der Waals surface area (Å²) in [4.78, 5) is 34.9. The molecule has 10 heteroatoms. The quantitative estimate of drug-likeness (QED) is 0.610. The maximum absolute atomic E-state index is 12.5. The van der Waals surface area contributed by atoms with Crippen LogP contribution in [0.1, 0.15) is 18.4 Å². The lowest BCUT2D eigenvalue weighted by Gasteiger charge is -2.24. The topological polar surface area (TPSA) is 130 Å². The molecular formula is C17H17F3N2O5. The van der Waals surface area contributed by atoms with Crippen LogP contribution in [0.25, 0.3) is 0 Å². The predicted octanol–water partition coefficient (Wildman–Crippen LogP) is 1.78. The Hall–Kier alpha value is -2.62. The van der Waals surface area contributed by atoms with Crippen molar-refractivity contribution in [2.75, 3.05) is 5.32 Å². The van der Waals surface area contributed by atoms with Gasteiger partial charge >= 0.3 is 18.1 Å². The van der Waals surface area contributed by atoms with E-state index in [0.29, 0.717) is 0 Å². The van der Waals surface area contributed by atoms with Crippen molar-refractivity contribution < 1.29 is 37.8 Å². The van der Waals surface area contributed by atoms with Crippen molar-refractivity contribution in [3.8, 4) is 0 Å². The number of carbonyl (C=O) groups is 3. The summed E-state index contributed by atoms with van der Waals surface area (Å²) in [7, 11) is 0. The normalized spacial score (nSPS) is 31.9. The van der Waals surface area contributed by atoms with Crippen molar-refractivity contribution in [3.05, 3.63) is 29.8 Å². The highest BCUT2D eigenvalue weighted by molar-refractivity contribution is 5.92. The van der Waals surface area contributed by atoms with E-state index in [1.54, 1.807) is 0 Å². The number of hydrogen-bond donors (Lipinski definition) is 4. The minimum absolute atomic E-state index is 0.0259. The second kappa shape index (κ2) is 6.22. The van der Waals surface area contributed by atoms with Crippen LogP contribution in [0, 0.1) is 23.7 Å². The molecule has 1 aromatic carbocycles. The van der Waals surface area contributed by atoms with Gasteiger partial charge in [-0.05, 0) is 42.5 Å². The summed E-state index contributed by atoms with van der Waals surface area (Å²) < 4.78 is 37.6. The fourth-order valence-electron chi connectivity index (χ4n) is 4.24. The fraction of sp³-hybridized carbons (Fsp3) is 0.471. The van der Waals surface area contributed by atoms with E-state index in [-0.39, 0.29) is 18.5 Å². The van der Waals surface area contributed by atoms with Crippen molar-refractivity contribution in [1.29, 1.82) is 0 Å². The first-order valence-corrected chi connectivity index (χ1v) is 8.17. The smallest absolute Gasteiger partial charge is 0.416 e. The first-order chi connectivity index (χ1) is 12.4. The second-order valence-corrected chi connectivity index (χ2v) is 7.10. The molecule has 146 valence electrons. The Morgan fingerprint density at radius 1 is 1.19 bits per heavy atom. The third kappa shape index (κ3) is 3.36. The highest BCUT2D eigenvalue weighted by Crippen LogP contribution is 2.65. The van der Waals surface area contributed by atoms with Crippen molar-refractivity contribution in [1.82, 2.24) is 0 Å². The summed E-state index contributed by atoms with van der Waals surface area (Å²) in [5.41, 5.74) is 3.51. The molecule has 2 saturated carbocycles. The van der Waals surface area contributed by atoms with E-state index in [1.807, 2.05) is 0 Å². The number of nitrogens with one attached hydrogen (secondary N) is 1. The number of benzene rings is 1. The minimum atomic E-state index is -4.49. The third-order valence-corrected chi connectivity index (χ3v) is 5.44. The van der Waals surface area contributed by atoms with Gasteiger partial charge in [0.05, 0.1) is 11.5 Å². The number of carboxylic acid groups (broad SMARTS) is 2. The number of carbonyl (C=O) groups excluding carboxylic acids is 1. The molecule has 7 nitrogen and oxygen atoms in total. The Bertz CT molecular complexity index is 795. The van der Waals surface area contributed by atoms with Gasteiger partial charge in [-0.3, -0.25) is 14.4 Å². The molecule has 1 aromatic rings. The fourth-order valence-corrected chi connectivity index (χ4v) is 4.24. The zero-order valence-corrected chi connectivity index (χ0v) is 13.9. The zero-order chi connectivity index (χ0) is 20.1. The lowest BCUT2D eigenvalue weighted by molar-refractivity contribution is -0.146. The van der Waals surface area contributed by atoms with E-state index in [0.717, 1.165) is 24.3 Å². The molecule has 1 amide bonds. The maximum Gasteiger partial charge on any atom is 0.416 e. The standard InChI is InChI=1S/C17H17F3N2O5/c18-17(19,20)8-1-3-9(4-2-8)22-10(23)5-7-6-16(21,15(26)27)13-11(7)12(13)14(24)25/h1-4,7,11-13H,5-6,21H2,(H,22,23)(H,24,25)(H,26,27)/t7?,11?,12-,13?,16?/m0/s1. The van der Waals surface area contributed by atoms with Gasteiger partial charge in [0.15, 0.2) is 0 Å². The van der Waals surface area contributed by atoms with E-state index in [1.165, 1.54) is 0 Å². The number of alkyl halides is 3. The molecule has 27 heavy (non-hydrogen) atoms. The molecule has 2 fully saturated rings. The number of fused-ring (bicyclic) bond motifs is 1. The van der Waals surface area contributed by atoms with E-state index in [9.17, 15) is 37.8 Å². The van der Waals surface area contributed by atoms with E-state index >= 15 is 0 Å². The molecule has 0 heterocycles. The summed E-state index contributed by atoms with van der Waals surface area (Å²) in [6.45, 7) is 0. The number of nitrogens with two attached hydrogens (primary N) is 1. The van der Waals surface area contributed by atoms with Crippen LogP contribution in [-0.4, -0.2) is 33.6 Å². The van der Waals surface area contributed by atoms with Crippen LogP contribution in [0.2, 0.25) is 0 Å². The van der Waals surface area contributed by atoms with Gasteiger partial charge in [0.2, 0.25) is 5.91 Å². The summed E-state index contributed by atoms with van der Waals surface area (Å²) in [5, 5.41) is 21.0. The Balaban J connectivity index is 1.66. The first-order valence-electron chi connectivity index (χ1n) is 8.17. The highest BCUT2D eigenvalue weighted by Gasteiger charge is 2.73. The SMILES string of the molecule is NC1(C(=O)O)CC(CC(=O)Nc2ccc(C(F)(F)F)cc2)C2C1[C@H]2C(=O)O. The third-order valence-electron chi connectivity index (χ3n) is 5.44. The van der Waals surface area contributed by atoms with Crippen LogP contribution in [0.4, 0.5) is 18.9 Å². The van der Waals surface area contributed by atoms with E-state index in [4.69, 9.17) is 5.73 Å². The molecule has 0 bridgehead atoms. The molecule has 0 aliphatic heterocycles. The molecule has 5 atom stereocenters. The number of anilines is 1. The number of amides is 1. The average Bonchev–Trinajstić information content (AvgIpc) is 3.23. The highest BCUT2D eigenvalue weighted by atomic mass is 19.4. The number of carboxylic acids is 2. The molecule has 2 aliphatic rings. The zero-order valence-electron chi connectivity index (χ0n) is 13.9. The van der Waals surface area contributed by atoms with Crippen molar-refractivity contribution in [2.24, 2.45) is 29.4 Å². The molecule has 2 aliphatic carbocycles. The van der Waals surface area contributed by atoms with Crippen LogP contribution >= 0.6 is 0 Å². The Morgan fingerprint density at radius 2 is 1.78 bits per heavy atom. The van der Waals surface area contributed by atoms with Gasteiger partial charge in [-0.25, -0.2) is 0 Å². The number of halogens is 3. The molecule has 0 aromatic heterocycles. The Labute approximate surface area is 151 Å². The summed E-state index contributed by atoms with van der Waals surface area (Å²) in [6.07, 6.45) is -4.67. The van der Waals surface area contributed by atoms with Gasteiger partial charge in [0.25, 0.3) is 0 Å². The predicted molar refractivity (Wildman–Crippen MR) is 85.5 cm³/mol. The Morgan fingerprint density at radius 3 is 2.26 bits per heavy atom. The van der Waals surface area contributed by atoms with Crippen LogP contribution < -0.4 is 11.1 Å². The lowest BCUT2D eigenvalue weighted by Crippen LogP contribution is -2.50. The van der Waals surface area contributed by atoms with Gasteiger partial charge in [0, 0.05) is 18.0 Å². The lowest BCUT2D eigenvalue weighted by atomic mass is 9.86. The first kappa shape index (κ1) is 19.2. The summed E-state index contributed by atoms with van der Waals surface area (Å²) >= 11 is 0. The van der Waals surface area contributed by atoms with E-state index in [2.05, 4.69) is 5.32 Å². The maximum atomic E-state index is 12.5. The molecule has 0 spiro atoms. The van der Waals surface area contributed by atoms with Crippen LogP contribution in [-0.2, 0) is 20.6 Å². The van der Waals surface area contributed by atoms with E-state index < -0.39 is 58.8 Å². The van der Waals surface area contributed by atoms with Crippen molar-refractivity contribution >= 4 is 23.5 Å². The molecule has 0 saturated heterocycles. The van der Waals surface area contributed by atoms with Crippen molar-refractivity contribution in [3.63, 3.8) is 0 Å². The monoisotopic (exact) mass is 386 g/mol.